The normalized spacial score (nSPS) is 12.4. The lowest BCUT2D eigenvalue weighted by Crippen LogP contribution is -2.40. The van der Waals surface area contributed by atoms with Gasteiger partial charge in [0.2, 0.25) is 0 Å². The van der Waals surface area contributed by atoms with E-state index in [1.807, 2.05) is 23.7 Å². The fourth-order valence-corrected chi connectivity index (χ4v) is 2.73. The maximum Gasteiger partial charge on any atom is 0.190 e. The third kappa shape index (κ3) is 6.93. The number of guanidine groups is 1. The lowest BCUT2D eigenvalue weighted by molar-refractivity contribution is 0.436. The summed E-state index contributed by atoms with van der Waals surface area (Å²) in [5.41, 5.74) is 2.93. The molecule has 7 heteroatoms. The molecular formula is C19H29FIN5. The van der Waals surface area contributed by atoms with E-state index < -0.39 is 0 Å². The van der Waals surface area contributed by atoms with Crippen LogP contribution in [0.4, 0.5) is 4.39 Å². The minimum Gasteiger partial charge on any atom is -0.356 e. The second kappa shape index (κ2) is 11.2. The summed E-state index contributed by atoms with van der Waals surface area (Å²) in [5, 5.41) is 11.0. The summed E-state index contributed by atoms with van der Waals surface area (Å²) in [6, 6.07) is 8.94. The monoisotopic (exact) mass is 473 g/mol. The number of aliphatic imine (C=N–C) groups is 1. The average Bonchev–Trinajstić information content (AvgIpc) is 2.89. The van der Waals surface area contributed by atoms with Gasteiger partial charge in [0.15, 0.2) is 5.96 Å². The highest BCUT2D eigenvalue weighted by Gasteiger charge is 2.08. The molecule has 144 valence electrons. The summed E-state index contributed by atoms with van der Waals surface area (Å²) in [5.74, 6) is 0.977. The quantitative estimate of drug-likeness (QED) is 0.369. The number of nitrogens with one attached hydrogen (secondary N) is 2. The molecule has 26 heavy (non-hydrogen) atoms. The lowest BCUT2D eigenvalue weighted by atomic mass is 10.1. The Morgan fingerprint density at radius 3 is 2.62 bits per heavy atom. The van der Waals surface area contributed by atoms with Crippen LogP contribution in [-0.4, -0.2) is 35.9 Å². The summed E-state index contributed by atoms with van der Waals surface area (Å²) in [4.78, 5) is 4.22. The molecule has 2 aromatic rings. The van der Waals surface area contributed by atoms with Gasteiger partial charge in [-0.15, -0.1) is 24.0 Å². The smallest absolute Gasteiger partial charge is 0.190 e. The van der Waals surface area contributed by atoms with Gasteiger partial charge in [-0.1, -0.05) is 25.1 Å². The predicted molar refractivity (Wildman–Crippen MR) is 116 cm³/mol. The van der Waals surface area contributed by atoms with Crippen LogP contribution >= 0.6 is 24.0 Å². The van der Waals surface area contributed by atoms with Crippen molar-refractivity contribution in [3.8, 4) is 0 Å². The first-order valence-electron chi connectivity index (χ1n) is 8.68. The van der Waals surface area contributed by atoms with Crippen molar-refractivity contribution >= 4 is 29.9 Å². The van der Waals surface area contributed by atoms with Crippen LogP contribution in [0.1, 0.15) is 23.9 Å². The van der Waals surface area contributed by atoms with Crippen LogP contribution in [0.2, 0.25) is 0 Å². The van der Waals surface area contributed by atoms with Crippen molar-refractivity contribution < 1.29 is 4.39 Å². The van der Waals surface area contributed by atoms with Crippen molar-refractivity contribution in [3.05, 3.63) is 53.1 Å². The van der Waals surface area contributed by atoms with E-state index in [1.165, 1.54) is 11.8 Å². The molecule has 1 aromatic heterocycles. The molecule has 5 nitrogen and oxygen atoms in total. The Labute approximate surface area is 172 Å². The van der Waals surface area contributed by atoms with Crippen molar-refractivity contribution in [2.75, 3.05) is 20.1 Å². The van der Waals surface area contributed by atoms with E-state index >= 15 is 0 Å². The molecule has 1 unspecified atom stereocenters. The molecule has 1 heterocycles. The minimum absolute atomic E-state index is 0. The van der Waals surface area contributed by atoms with Gasteiger partial charge in [0.05, 0.1) is 5.69 Å². The second-order valence-electron chi connectivity index (χ2n) is 6.44. The van der Waals surface area contributed by atoms with Crippen LogP contribution in [0.25, 0.3) is 0 Å². The maximum absolute atomic E-state index is 13.6. The van der Waals surface area contributed by atoms with Crippen LogP contribution in [-0.2, 0) is 13.0 Å². The van der Waals surface area contributed by atoms with Gasteiger partial charge in [-0.3, -0.25) is 9.67 Å². The van der Waals surface area contributed by atoms with Crippen LogP contribution in [0.15, 0.2) is 35.3 Å². The van der Waals surface area contributed by atoms with Crippen molar-refractivity contribution in [3.63, 3.8) is 0 Å². The Morgan fingerprint density at radius 1 is 1.27 bits per heavy atom. The van der Waals surface area contributed by atoms with Crippen LogP contribution in [0.3, 0.4) is 0 Å². The lowest BCUT2D eigenvalue weighted by Gasteiger charge is -2.17. The highest BCUT2D eigenvalue weighted by molar-refractivity contribution is 14.0. The van der Waals surface area contributed by atoms with Crippen molar-refractivity contribution in [2.24, 2.45) is 10.9 Å². The topological polar surface area (TPSA) is 54.2 Å². The SMILES string of the molecule is CN=C(NCCc1ccccc1F)NCC(C)Cn1nc(C)cc1C.I. The van der Waals surface area contributed by atoms with Gasteiger partial charge in [0, 0.05) is 32.4 Å². The summed E-state index contributed by atoms with van der Waals surface area (Å²) in [6.07, 6.45) is 0.620. The highest BCUT2D eigenvalue weighted by atomic mass is 127. The molecule has 0 amide bonds. The zero-order valence-corrected chi connectivity index (χ0v) is 18.3. The number of aryl methyl sites for hydroxylation is 2. The summed E-state index contributed by atoms with van der Waals surface area (Å²) in [6.45, 7) is 8.54. The average molecular weight is 473 g/mol. The highest BCUT2D eigenvalue weighted by Crippen LogP contribution is 2.07. The molecule has 0 radical (unpaired) electrons. The largest absolute Gasteiger partial charge is 0.356 e. The third-order valence-electron chi connectivity index (χ3n) is 4.07. The zero-order chi connectivity index (χ0) is 18.2. The zero-order valence-electron chi connectivity index (χ0n) is 15.9. The Balaban J connectivity index is 0.00000338. The molecule has 1 atom stereocenters. The maximum atomic E-state index is 13.6. The minimum atomic E-state index is -0.161. The van der Waals surface area contributed by atoms with Gasteiger partial charge in [-0.05, 0) is 43.9 Å². The van der Waals surface area contributed by atoms with Gasteiger partial charge in [-0.2, -0.15) is 5.10 Å². The Bertz CT molecular complexity index is 714. The van der Waals surface area contributed by atoms with E-state index in [9.17, 15) is 4.39 Å². The first-order chi connectivity index (χ1) is 12.0. The van der Waals surface area contributed by atoms with Gasteiger partial charge < -0.3 is 10.6 Å². The number of hydrogen-bond donors (Lipinski definition) is 2. The van der Waals surface area contributed by atoms with Crippen molar-refractivity contribution in [1.82, 2.24) is 20.4 Å². The molecule has 1 aromatic carbocycles. The van der Waals surface area contributed by atoms with Gasteiger partial charge >= 0.3 is 0 Å². The van der Waals surface area contributed by atoms with Gasteiger partial charge in [0.1, 0.15) is 5.82 Å². The first kappa shape index (κ1) is 22.4. The molecule has 2 N–H and O–H groups in total. The molecule has 0 saturated carbocycles. The van der Waals surface area contributed by atoms with E-state index in [-0.39, 0.29) is 29.8 Å². The number of hydrogen-bond acceptors (Lipinski definition) is 2. The molecule has 0 bridgehead atoms. The number of aromatic nitrogens is 2. The molecule has 0 aliphatic rings. The summed E-state index contributed by atoms with van der Waals surface area (Å²) in [7, 11) is 1.74. The first-order valence-corrected chi connectivity index (χ1v) is 8.68. The van der Waals surface area contributed by atoms with E-state index in [4.69, 9.17) is 0 Å². The predicted octanol–water partition coefficient (Wildman–Crippen LogP) is 3.30. The van der Waals surface area contributed by atoms with Crippen molar-refractivity contribution in [1.29, 1.82) is 0 Å². The number of halogens is 2. The third-order valence-corrected chi connectivity index (χ3v) is 4.07. The molecule has 0 aliphatic carbocycles. The number of nitrogens with zero attached hydrogens (tertiary/aromatic N) is 3. The fourth-order valence-electron chi connectivity index (χ4n) is 2.73. The summed E-state index contributed by atoms with van der Waals surface area (Å²) >= 11 is 0. The van der Waals surface area contributed by atoms with Crippen molar-refractivity contribution in [2.45, 2.75) is 33.7 Å². The molecular weight excluding hydrogens is 444 g/mol. The number of benzene rings is 1. The van der Waals surface area contributed by atoms with Crippen LogP contribution in [0.5, 0.6) is 0 Å². The van der Waals surface area contributed by atoms with Gasteiger partial charge in [0.25, 0.3) is 0 Å². The van der Waals surface area contributed by atoms with Crippen LogP contribution in [0, 0.1) is 25.6 Å². The van der Waals surface area contributed by atoms with E-state index in [0.717, 1.165) is 24.7 Å². The molecule has 0 aliphatic heterocycles. The van der Waals surface area contributed by atoms with Gasteiger partial charge in [-0.25, -0.2) is 4.39 Å². The molecule has 2 rings (SSSR count). The van der Waals surface area contributed by atoms with E-state index in [0.29, 0.717) is 24.4 Å². The Kier molecular flexibility index (Phi) is 9.61. The number of rotatable bonds is 7. The van der Waals surface area contributed by atoms with E-state index in [1.54, 1.807) is 13.1 Å². The molecule has 0 fully saturated rings. The Hall–Kier alpha value is -1.64. The molecule has 0 spiro atoms. The summed E-state index contributed by atoms with van der Waals surface area (Å²) < 4.78 is 15.6. The fraction of sp³-hybridized carbons (Fsp3) is 0.474. The second-order valence-corrected chi connectivity index (χ2v) is 6.44. The molecule has 0 saturated heterocycles. The standard InChI is InChI=1S/C19H28FN5.HI/c1-14(13-25-16(3)11-15(2)24-25)12-23-19(21-4)22-10-9-17-7-5-6-8-18(17)20;/h5-8,11,14H,9-10,12-13H2,1-4H3,(H2,21,22,23);1H. The van der Waals surface area contributed by atoms with Crippen LogP contribution < -0.4 is 10.6 Å². The van der Waals surface area contributed by atoms with E-state index in [2.05, 4.69) is 40.6 Å². The Morgan fingerprint density at radius 2 is 2.00 bits per heavy atom.